The van der Waals surface area contributed by atoms with Crippen molar-refractivity contribution in [2.75, 3.05) is 18.4 Å². The predicted octanol–water partition coefficient (Wildman–Crippen LogP) is 4.04. The number of anilines is 1. The molecule has 0 atom stereocenters. The third kappa shape index (κ3) is 4.04. The van der Waals surface area contributed by atoms with Crippen LogP contribution in [0, 0.1) is 5.92 Å². The highest BCUT2D eigenvalue weighted by Crippen LogP contribution is 2.31. The van der Waals surface area contributed by atoms with Gasteiger partial charge in [0.25, 0.3) is 5.91 Å². The summed E-state index contributed by atoms with van der Waals surface area (Å²) in [7, 11) is 0. The number of para-hydroxylation sites is 1. The number of rotatable bonds is 4. The van der Waals surface area contributed by atoms with E-state index < -0.39 is 0 Å². The van der Waals surface area contributed by atoms with Crippen LogP contribution in [0.4, 0.5) is 5.69 Å². The molecule has 2 aromatic carbocycles. The lowest BCUT2D eigenvalue weighted by atomic mass is 9.95. The molecule has 0 spiro atoms. The second kappa shape index (κ2) is 8.49. The number of hydrogen-bond donors (Lipinski definition) is 1. The number of hydrogen-bond acceptors (Lipinski definition) is 4. The Balaban J connectivity index is 1.22. The van der Waals surface area contributed by atoms with Crippen molar-refractivity contribution in [3.05, 3.63) is 54.1 Å². The van der Waals surface area contributed by atoms with Crippen LogP contribution in [0.1, 0.15) is 54.9 Å². The molecule has 1 saturated heterocycles. The molecular weight excluding hydrogens is 390 g/mol. The van der Waals surface area contributed by atoms with Crippen molar-refractivity contribution in [3.63, 3.8) is 0 Å². The van der Waals surface area contributed by atoms with Crippen LogP contribution < -0.4 is 5.32 Å². The largest absolute Gasteiger partial charge is 0.339 e. The molecule has 160 valence electrons. The number of carbonyl (C=O) groups is 2. The summed E-state index contributed by atoms with van der Waals surface area (Å²) in [6, 6.07) is 15.6. The van der Waals surface area contributed by atoms with E-state index in [4.69, 9.17) is 0 Å². The van der Waals surface area contributed by atoms with Crippen molar-refractivity contribution >= 4 is 28.5 Å². The Bertz CT molecular complexity index is 1080. The number of carbonyl (C=O) groups excluding carboxylic acids is 2. The maximum Gasteiger partial charge on any atom is 0.253 e. The molecule has 2 amide bonds. The molecule has 31 heavy (non-hydrogen) atoms. The molecule has 2 heterocycles. The van der Waals surface area contributed by atoms with Crippen LogP contribution in [0.15, 0.2) is 48.5 Å². The molecule has 1 aliphatic heterocycles. The van der Waals surface area contributed by atoms with Gasteiger partial charge in [-0.3, -0.25) is 9.59 Å². The molecule has 1 N–H and O–H groups in total. The third-order valence-corrected chi connectivity index (χ3v) is 6.58. The minimum absolute atomic E-state index is 0.000709. The summed E-state index contributed by atoms with van der Waals surface area (Å²) in [5.74, 6) is -0.0412. The Kier molecular flexibility index (Phi) is 5.40. The zero-order valence-corrected chi connectivity index (χ0v) is 17.5. The van der Waals surface area contributed by atoms with Gasteiger partial charge in [0.05, 0.1) is 11.6 Å². The first kappa shape index (κ1) is 19.7. The summed E-state index contributed by atoms with van der Waals surface area (Å²) in [6.45, 7) is 1.16. The minimum atomic E-state index is -0.0713. The molecule has 0 bridgehead atoms. The van der Waals surface area contributed by atoms with Gasteiger partial charge in [-0.05, 0) is 56.0 Å². The van der Waals surface area contributed by atoms with Crippen molar-refractivity contribution in [2.24, 2.45) is 5.92 Å². The molecule has 0 unspecified atom stereocenters. The molecular formula is C24H27N5O2. The van der Waals surface area contributed by atoms with Gasteiger partial charge in [0, 0.05) is 30.3 Å². The lowest BCUT2D eigenvalue weighted by Crippen LogP contribution is -2.41. The van der Waals surface area contributed by atoms with E-state index in [0.29, 0.717) is 37.5 Å². The number of nitrogens with zero attached hydrogens (tertiary/aromatic N) is 4. The van der Waals surface area contributed by atoms with Gasteiger partial charge in [-0.15, -0.1) is 5.10 Å². The van der Waals surface area contributed by atoms with Crippen LogP contribution in [0.3, 0.4) is 0 Å². The average Bonchev–Trinajstić information content (AvgIpc) is 3.48. The van der Waals surface area contributed by atoms with E-state index in [0.717, 1.165) is 29.6 Å². The van der Waals surface area contributed by atoms with Crippen molar-refractivity contribution in [1.82, 2.24) is 19.9 Å². The highest BCUT2D eigenvalue weighted by molar-refractivity contribution is 5.98. The third-order valence-electron chi connectivity index (χ3n) is 6.58. The summed E-state index contributed by atoms with van der Waals surface area (Å²) in [6.07, 6.45) is 6.11. The Labute approximate surface area is 181 Å². The Morgan fingerprint density at radius 1 is 0.935 bits per heavy atom. The number of benzene rings is 2. The quantitative estimate of drug-likeness (QED) is 0.695. The fourth-order valence-corrected chi connectivity index (χ4v) is 4.79. The lowest BCUT2D eigenvalue weighted by molar-refractivity contribution is -0.121. The van der Waals surface area contributed by atoms with Gasteiger partial charge >= 0.3 is 0 Å². The zero-order valence-electron chi connectivity index (χ0n) is 17.5. The summed E-state index contributed by atoms with van der Waals surface area (Å²) >= 11 is 0. The Hall–Kier alpha value is -3.22. The van der Waals surface area contributed by atoms with Gasteiger partial charge < -0.3 is 10.2 Å². The van der Waals surface area contributed by atoms with Crippen LogP contribution in [0.5, 0.6) is 0 Å². The molecule has 1 saturated carbocycles. The average molecular weight is 418 g/mol. The summed E-state index contributed by atoms with van der Waals surface area (Å²) in [5, 5.41) is 11.6. The molecule has 2 aliphatic rings. The first-order valence-electron chi connectivity index (χ1n) is 11.2. The summed E-state index contributed by atoms with van der Waals surface area (Å²) in [4.78, 5) is 27.4. The molecule has 1 aromatic heterocycles. The van der Waals surface area contributed by atoms with Gasteiger partial charge in [0.2, 0.25) is 5.91 Å². The maximum atomic E-state index is 13.0. The van der Waals surface area contributed by atoms with Crippen LogP contribution in [0.2, 0.25) is 0 Å². The normalized spacial score (nSPS) is 17.9. The lowest BCUT2D eigenvalue weighted by Gasteiger charge is -2.31. The highest BCUT2D eigenvalue weighted by Gasteiger charge is 2.28. The van der Waals surface area contributed by atoms with Gasteiger partial charge in [0.1, 0.15) is 5.52 Å². The molecule has 2 fully saturated rings. The predicted molar refractivity (Wildman–Crippen MR) is 119 cm³/mol. The standard InChI is InChI=1S/C24H27N5O2/c30-23(25-19-6-2-1-3-7-19)17-12-14-28(15-13-17)24(31)18-10-11-22-21(16-18)26-27-29(22)20-8-4-5-9-20/h1-3,6-7,10-11,16-17,20H,4-5,8-9,12-15H2,(H,25,30). The first-order valence-corrected chi connectivity index (χ1v) is 11.2. The van der Waals surface area contributed by atoms with Crippen LogP contribution in [-0.4, -0.2) is 44.8 Å². The summed E-state index contributed by atoms with van der Waals surface area (Å²) in [5.41, 5.74) is 3.22. The molecule has 0 radical (unpaired) electrons. The maximum absolute atomic E-state index is 13.0. The van der Waals surface area contributed by atoms with E-state index in [1.165, 1.54) is 12.8 Å². The fourth-order valence-electron chi connectivity index (χ4n) is 4.79. The van der Waals surface area contributed by atoms with Crippen molar-refractivity contribution in [1.29, 1.82) is 0 Å². The number of fused-ring (bicyclic) bond motifs is 1. The zero-order chi connectivity index (χ0) is 21.2. The molecule has 7 nitrogen and oxygen atoms in total. The number of piperidine rings is 1. The Morgan fingerprint density at radius 3 is 2.42 bits per heavy atom. The Morgan fingerprint density at radius 2 is 1.68 bits per heavy atom. The highest BCUT2D eigenvalue weighted by atomic mass is 16.2. The number of amides is 2. The smallest absolute Gasteiger partial charge is 0.253 e. The molecule has 1 aliphatic carbocycles. The van der Waals surface area contributed by atoms with Crippen molar-refractivity contribution in [2.45, 2.75) is 44.6 Å². The van der Waals surface area contributed by atoms with E-state index in [2.05, 4.69) is 15.6 Å². The minimum Gasteiger partial charge on any atom is -0.339 e. The number of likely N-dealkylation sites (tertiary alicyclic amines) is 1. The first-order chi connectivity index (χ1) is 15.2. The molecule has 3 aromatic rings. The van der Waals surface area contributed by atoms with Gasteiger partial charge in [-0.25, -0.2) is 4.68 Å². The second-order valence-electron chi connectivity index (χ2n) is 8.60. The van der Waals surface area contributed by atoms with E-state index >= 15 is 0 Å². The topological polar surface area (TPSA) is 80.1 Å². The van der Waals surface area contributed by atoms with Crippen LogP contribution in [-0.2, 0) is 4.79 Å². The van der Waals surface area contributed by atoms with E-state index in [9.17, 15) is 9.59 Å². The van der Waals surface area contributed by atoms with E-state index in [-0.39, 0.29) is 17.7 Å². The SMILES string of the molecule is O=C(Nc1ccccc1)C1CCN(C(=O)c2ccc3c(c2)nnn3C2CCCC2)CC1. The number of aromatic nitrogens is 3. The second-order valence-corrected chi connectivity index (χ2v) is 8.60. The van der Waals surface area contributed by atoms with Crippen molar-refractivity contribution in [3.8, 4) is 0 Å². The van der Waals surface area contributed by atoms with E-state index in [1.807, 2.05) is 58.1 Å². The molecule has 5 rings (SSSR count). The van der Waals surface area contributed by atoms with Gasteiger partial charge in [0.15, 0.2) is 0 Å². The fraction of sp³-hybridized carbons (Fsp3) is 0.417. The molecule has 7 heteroatoms. The monoisotopic (exact) mass is 417 g/mol. The summed E-state index contributed by atoms with van der Waals surface area (Å²) < 4.78 is 2.02. The van der Waals surface area contributed by atoms with Crippen LogP contribution in [0.25, 0.3) is 11.0 Å². The van der Waals surface area contributed by atoms with Crippen LogP contribution >= 0.6 is 0 Å². The van der Waals surface area contributed by atoms with Gasteiger partial charge in [-0.1, -0.05) is 36.3 Å². The number of nitrogens with one attached hydrogen (secondary N) is 1. The van der Waals surface area contributed by atoms with Gasteiger partial charge in [-0.2, -0.15) is 0 Å². The van der Waals surface area contributed by atoms with Crippen molar-refractivity contribution < 1.29 is 9.59 Å². The van der Waals surface area contributed by atoms with E-state index in [1.54, 1.807) is 0 Å².